The summed E-state index contributed by atoms with van der Waals surface area (Å²) in [6.07, 6.45) is 11.0. The predicted octanol–water partition coefficient (Wildman–Crippen LogP) is 1.90. The molecule has 1 amide bonds. The first-order valence-electron chi connectivity index (χ1n) is 8.46. The first-order valence-corrected chi connectivity index (χ1v) is 8.46. The van der Waals surface area contributed by atoms with Crippen molar-refractivity contribution >= 4 is 5.91 Å². The van der Waals surface area contributed by atoms with E-state index in [9.17, 15) is 4.79 Å². The highest BCUT2D eigenvalue weighted by Gasteiger charge is 2.18. The number of amides is 1. The minimum Gasteiger partial charge on any atom is -0.356 e. The van der Waals surface area contributed by atoms with Crippen LogP contribution < -0.4 is 10.6 Å². The van der Waals surface area contributed by atoms with E-state index in [0.717, 1.165) is 38.5 Å². The second-order valence-electron chi connectivity index (χ2n) is 6.47. The monoisotopic (exact) mass is 281 g/mol. The third kappa shape index (κ3) is 5.41. The maximum Gasteiger partial charge on any atom is 0.221 e. The van der Waals surface area contributed by atoms with Crippen molar-refractivity contribution in [3.8, 4) is 0 Å². The van der Waals surface area contributed by atoms with Gasteiger partial charge in [0.05, 0.1) is 0 Å². The molecule has 1 saturated heterocycles. The minimum atomic E-state index is 0.213. The summed E-state index contributed by atoms with van der Waals surface area (Å²) in [5, 5.41) is 6.43. The van der Waals surface area contributed by atoms with Crippen LogP contribution in [-0.2, 0) is 4.79 Å². The van der Waals surface area contributed by atoms with Crippen molar-refractivity contribution < 1.29 is 4.79 Å². The summed E-state index contributed by atoms with van der Waals surface area (Å²) in [5.74, 6) is 0.213. The molecule has 1 atom stereocenters. The molecular weight excluding hydrogens is 250 g/mol. The van der Waals surface area contributed by atoms with Crippen LogP contribution >= 0.6 is 0 Å². The molecule has 1 heterocycles. The zero-order chi connectivity index (χ0) is 14.2. The summed E-state index contributed by atoms with van der Waals surface area (Å²) in [7, 11) is 2.24. The molecule has 1 saturated carbocycles. The number of nitrogens with one attached hydrogen (secondary N) is 2. The van der Waals surface area contributed by atoms with Gasteiger partial charge in [-0.2, -0.15) is 0 Å². The van der Waals surface area contributed by atoms with E-state index in [1.165, 1.54) is 38.5 Å². The Balaban J connectivity index is 1.50. The van der Waals surface area contributed by atoms with E-state index in [1.54, 1.807) is 0 Å². The third-order valence-electron chi connectivity index (χ3n) is 4.80. The number of hydrogen-bond acceptors (Lipinski definition) is 3. The van der Waals surface area contributed by atoms with Crippen molar-refractivity contribution in [2.24, 2.45) is 0 Å². The fourth-order valence-electron chi connectivity index (χ4n) is 3.49. The second-order valence-corrected chi connectivity index (χ2v) is 6.47. The van der Waals surface area contributed by atoms with Gasteiger partial charge in [-0.1, -0.05) is 19.3 Å². The quantitative estimate of drug-likeness (QED) is 0.701. The summed E-state index contributed by atoms with van der Waals surface area (Å²) < 4.78 is 0. The SMILES string of the molecule is CN(CCCNC(=O)CC1CCCN1)C1CCCCC1. The molecule has 2 N–H and O–H groups in total. The van der Waals surface area contributed by atoms with Gasteiger partial charge in [-0.05, 0) is 52.2 Å². The van der Waals surface area contributed by atoms with Crippen LogP contribution in [0, 0.1) is 0 Å². The van der Waals surface area contributed by atoms with E-state index in [-0.39, 0.29) is 5.91 Å². The van der Waals surface area contributed by atoms with Crippen LogP contribution in [0.15, 0.2) is 0 Å². The smallest absolute Gasteiger partial charge is 0.221 e. The van der Waals surface area contributed by atoms with E-state index >= 15 is 0 Å². The molecule has 0 aromatic rings. The zero-order valence-corrected chi connectivity index (χ0v) is 13.0. The number of nitrogens with zero attached hydrogens (tertiary/aromatic N) is 1. The Hall–Kier alpha value is -0.610. The Bertz CT molecular complexity index is 283. The van der Waals surface area contributed by atoms with Crippen LogP contribution in [0.25, 0.3) is 0 Å². The molecule has 1 aliphatic carbocycles. The molecule has 0 aromatic heterocycles. The van der Waals surface area contributed by atoms with Crippen molar-refractivity contribution in [2.45, 2.75) is 69.9 Å². The molecule has 0 aromatic carbocycles. The predicted molar refractivity (Wildman–Crippen MR) is 82.8 cm³/mol. The Kier molecular flexibility index (Phi) is 6.80. The highest BCUT2D eigenvalue weighted by Crippen LogP contribution is 2.21. The molecular formula is C16H31N3O. The van der Waals surface area contributed by atoms with Crippen molar-refractivity contribution in [2.75, 3.05) is 26.7 Å². The molecule has 20 heavy (non-hydrogen) atoms. The summed E-state index contributed by atoms with van der Waals surface area (Å²) in [4.78, 5) is 14.3. The molecule has 1 unspecified atom stereocenters. The van der Waals surface area contributed by atoms with Gasteiger partial charge in [0.1, 0.15) is 0 Å². The van der Waals surface area contributed by atoms with Gasteiger partial charge in [0.15, 0.2) is 0 Å². The Morgan fingerprint density at radius 3 is 2.70 bits per heavy atom. The van der Waals surface area contributed by atoms with Gasteiger partial charge in [-0.15, -0.1) is 0 Å². The van der Waals surface area contributed by atoms with Crippen LogP contribution in [0.5, 0.6) is 0 Å². The average molecular weight is 281 g/mol. The fraction of sp³-hybridized carbons (Fsp3) is 0.938. The summed E-state index contributed by atoms with van der Waals surface area (Å²) in [6.45, 7) is 3.00. The number of hydrogen-bond donors (Lipinski definition) is 2. The molecule has 0 bridgehead atoms. The standard InChI is InChI=1S/C16H31N3O/c1-19(15-8-3-2-4-9-15)12-6-11-18-16(20)13-14-7-5-10-17-14/h14-15,17H,2-13H2,1H3,(H,18,20). The van der Waals surface area contributed by atoms with Crippen LogP contribution in [-0.4, -0.2) is 49.6 Å². The van der Waals surface area contributed by atoms with Crippen LogP contribution in [0.2, 0.25) is 0 Å². The Morgan fingerprint density at radius 2 is 2.00 bits per heavy atom. The van der Waals surface area contributed by atoms with Gasteiger partial charge in [0.2, 0.25) is 5.91 Å². The largest absolute Gasteiger partial charge is 0.356 e. The van der Waals surface area contributed by atoms with Crippen LogP contribution in [0.1, 0.15) is 57.8 Å². The minimum absolute atomic E-state index is 0.213. The second kappa shape index (κ2) is 8.63. The van der Waals surface area contributed by atoms with E-state index in [0.29, 0.717) is 12.5 Å². The van der Waals surface area contributed by atoms with Gasteiger partial charge in [-0.3, -0.25) is 4.79 Å². The van der Waals surface area contributed by atoms with Gasteiger partial charge in [-0.25, -0.2) is 0 Å². The first kappa shape index (κ1) is 15.8. The van der Waals surface area contributed by atoms with Gasteiger partial charge in [0, 0.05) is 25.0 Å². The fourth-order valence-corrected chi connectivity index (χ4v) is 3.49. The summed E-state index contributed by atoms with van der Waals surface area (Å²) in [5.41, 5.74) is 0. The van der Waals surface area contributed by atoms with Crippen LogP contribution in [0.4, 0.5) is 0 Å². The molecule has 0 spiro atoms. The van der Waals surface area contributed by atoms with Crippen molar-refractivity contribution in [1.29, 1.82) is 0 Å². The number of carbonyl (C=O) groups is 1. The first-order chi connectivity index (χ1) is 9.75. The third-order valence-corrected chi connectivity index (χ3v) is 4.80. The lowest BCUT2D eigenvalue weighted by atomic mass is 9.94. The molecule has 2 aliphatic rings. The maximum atomic E-state index is 11.8. The molecule has 0 radical (unpaired) electrons. The van der Waals surface area contributed by atoms with Crippen LogP contribution in [0.3, 0.4) is 0 Å². The normalized spacial score (nSPS) is 24.2. The van der Waals surface area contributed by atoms with E-state index in [4.69, 9.17) is 0 Å². The van der Waals surface area contributed by atoms with E-state index in [2.05, 4.69) is 22.6 Å². The molecule has 2 fully saturated rings. The van der Waals surface area contributed by atoms with E-state index in [1.807, 2.05) is 0 Å². The van der Waals surface area contributed by atoms with Crippen molar-refractivity contribution in [3.63, 3.8) is 0 Å². The van der Waals surface area contributed by atoms with Crippen molar-refractivity contribution in [3.05, 3.63) is 0 Å². The molecule has 2 rings (SSSR count). The summed E-state index contributed by atoms with van der Waals surface area (Å²) in [6, 6.07) is 1.20. The highest BCUT2D eigenvalue weighted by molar-refractivity contribution is 5.76. The Labute approximate surface area is 123 Å². The van der Waals surface area contributed by atoms with Gasteiger partial charge in [0.25, 0.3) is 0 Å². The molecule has 1 aliphatic heterocycles. The summed E-state index contributed by atoms with van der Waals surface area (Å²) >= 11 is 0. The maximum absolute atomic E-state index is 11.8. The highest BCUT2D eigenvalue weighted by atomic mass is 16.1. The van der Waals surface area contributed by atoms with Gasteiger partial charge >= 0.3 is 0 Å². The number of rotatable bonds is 7. The van der Waals surface area contributed by atoms with Crippen molar-refractivity contribution in [1.82, 2.24) is 15.5 Å². The van der Waals surface area contributed by atoms with Gasteiger partial charge < -0.3 is 15.5 Å². The topological polar surface area (TPSA) is 44.4 Å². The lowest BCUT2D eigenvalue weighted by molar-refractivity contribution is -0.121. The number of carbonyl (C=O) groups excluding carboxylic acids is 1. The Morgan fingerprint density at radius 1 is 1.20 bits per heavy atom. The molecule has 4 heteroatoms. The average Bonchev–Trinajstić information content (AvgIpc) is 2.97. The lowest BCUT2D eigenvalue weighted by Crippen LogP contribution is -2.36. The van der Waals surface area contributed by atoms with E-state index < -0.39 is 0 Å². The molecule has 116 valence electrons. The lowest BCUT2D eigenvalue weighted by Gasteiger charge is -2.31. The zero-order valence-electron chi connectivity index (χ0n) is 13.0. The molecule has 4 nitrogen and oxygen atoms in total.